The summed E-state index contributed by atoms with van der Waals surface area (Å²) in [6, 6.07) is 3.15. The van der Waals surface area contributed by atoms with E-state index in [-0.39, 0.29) is 5.82 Å². The average Bonchev–Trinajstić information content (AvgIpc) is 2.50. The first-order chi connectivity index (χ1) is 6.65. The third-order valence-corrected chi connectivity index (χ3v) is 3.58. The summed E-state index contributed by atoms with van der Waals surface area (Å²) in [6.45, 7) is 3.76. The van der Waals surface area contributed by atoms with Crippen LogP contribution in [0, 0.1) is 19.7 Å². The summed E-state index contributed by atoms with van der Waals surface area (Å²) in [7, 11) is 0. The highest BCUT2D eigenvalue weighted by molar-refractivity contribution is 7.19. The Hall–Kier alpha value is -1.22. The number of carbonyl (C=O) groups is 1. The average molecular weight is 208 g/mol. The molecule has 2 rings (SSSR count). The number of hydrogen-bond acceptors (Lipinski definition) is 2. The first kappa shape index (κ1) is 9.34. The molecule has 0 aliphatic rings. The van der Waals surface area contributed by atoms with Crippen LogP contribution in [0.25, 0.3) is 10.1 Å². The molecule has 1 nitrogen and oxygen atoms in total. The van der Waals surface area contributed by atoms with Gasteiger partial charge in [-0.15, -0.1) is 11.3 Å². The van der Waals surface area contributed by atoms with Crippen molar-refractivity contribution in [2.75, 3.05) is 0 Å². The lowest BCUT2D eigenvalue weighted by Crippen LogP contribution is -1.84. The predicted molar refractivity (Wildman–Crippen MR) is 56.6 cm³/mol. The Balaban J connectivity index is 3.00. The van der Waals surface area contributed by atoms with Crippen LogP contribution in [0.2, 0.25) is 0 Å². The summed E-state index contributed by atoms with van der Waals surface area (Å²) in [5.74, 6) is -0.308. The molecule has 1 heterocycles. The molecule has 14 heavy (non-hydrogen) atoms. The smallest absolute Gasteiger partial charge is 0.151 e. The van der Waals surface area contributed by atoms with Crippen LogP contribution in [0.5, 0.6) is 0 Å². The largest absolute Gasteiger partial charge is 0.298 e. The molecule has 3 heteroatoms. The fourth-order valence-corrected chi connectivity index (χ4v) is 2.68. The van der Waals surface area contributed by atoms with Gasteiger partial charge >= 0.3 is 0 Å². The van der Waals surface area contributed by atoms with Gasteiger partial charge in [0.15, 0.2) is 6.29 Å². The number of hydrogen-bond donors (Lipinski definition) is 0. The van der Waals surface area contributed by atoms with Gasteiger partial charge in [0.2, 0.25) is 0 Å². The minimum absolute atomic E-state index is 0.308. The number of halogens is 1. The van der Waals surface area contributed by atoms with E-state index in [1.54, 1.807) is 6.07 Å². The van der Waals surface area contributed by atoms with Crippen molar-refractivity contribution in [1.29, 1.82) is 0 Å². The Labute approximate surface area is 85.2 Å². The number of carbonyl (C=O) groups excluding carboxylic acids is 1. The Morgan fingerprint density at radius 2 is 2.07 bits per heavy atom. The topological polar surface area (TPSA) is 17.1 Å². The van der Waals surface area contributed by atoms with E-state index in [1.807, 2.05) is 13.8 Å². The highest BCUT2D eigenvalue weighted by Crippen LogP contribution is 2.33. The second-order valence-electron chi connectivity index (χ2n) is 3.26. The SMILES string of the molecule is Cc1sc2c(C)ccc(F)c2c1C=O. The van der Waals surface area contributed by atoms with Crippen molar-refractivity contribution in [3.05, 3.63) is 34.0 Å². The second-order valence-corrected chi connectivity index (χ2v) is 4.48. The Morgan fingerprint density at radius 1 is 1.36 bits per heavy atom. The second kappa shape index (κ2) is 3.17. The fourth-order valence-electron chi connectivity index (χ4n) is 1.57. The summed E-state index contributed by atoms with van der Waals surface area (Å²) in [4.78, 5) is 11.7. The molecular formula is C11H9FOS. The number of aldehydes is 1. The zero-order valence-electron chi connectivity index (χ0n) is 7.93. The number of benzene rings is 1. The lowest BCUT2D eigenvalue weighted by molar-refractivity contribution is 0.112. The number of fused-ring (bicyclic) bond motifs is 1. The molecule has 0 aliphatic carbocycles. The number of thiophene rings is 1. The molecule has 0 atom stereocenters. The molecule has 0 unspecified atom stereocenters. The number of aryl methyl sites for hydroxylation is 2. The highest BCUT2D eigenvalue weighted by Gasteiger charge is 2.13. The monoisotopic (exact) mass is 208 g/mol. The first-order valence-electron chi connectivity index (χ1n) is 4.28. The van der Waals surface area contributed by atoms with Gasteiger partial charge in [-0.1, -0.05) is 6.07 Å². The van der Waals surface area contributed by atoms with Crippen LogP contribution in [0.15, 0.2) is 12.1 Å². The summed E-state index contributed by atoms with van der Waals surface area (Å²) in [5, 5.41) is 0.475. The molecule has 1 aromatic heterocycles. The zero-order chi connectivity index (χ0) is 10.3. The summed E-state index contributed by atoms with van der Waals surface area (Å²) < 4.78 is 14.4. The summed E-state index contributed by atoms with van der Waals surface area (Å²) in [6.07, 6.45) is 0.733. The van der Waals surface area contributed by atoms with Crippen LogP contribution in [0.1, 0.15) is 20.8 Å². The van der Waals surface area contributed by atoms with Gasteiger partial charge in [-0.25, -0.2) is 4.39 Å². The van der Waals surface area contributed by atoms with Gasteiger partial charge in [0, 0.05) is 20.5 Å². The van der Waals surface area contributed by atoms with Crippen molar-refractivity contribution in [3.63, 3.8) is 0 Å². The van der Waals surface area contributed by atoms with Crippen molar-refractivity contribution >= 4 is 27.7 Å². The highest BCUT2D eigenvalue weighted by atomic mass is 32.1. The molecule has 0 radical (unpaired) electrons. The van der Waals surface area contributed by atoms with Crippen LogP contribution >= 0.6 is 11.3 Å². The lowest BCUT2D eigenvalue weighted by Gasteiger charge is -1.96. The molecule has 0 spiro atoms. The molecule has 72 valence electrons. The van der Waals surface area contributed by atoms with Gasteiger partial charge in [-0.3, -0.25) is 4.79 Å². The Kier molecular flexibility index (Phi) is 2.11. The molecule has 0 saturated heterocycles. The third kappa shape index (κ3) is 1.16. The normalized spacial score (nSPS) is 10.8. The van der Waals surface area contributed by atoms with E-state index in [0.29, 0.717) is 10.9 Å². The molecule has 2 aromatic rings. The van der Waals surface area contributed by atoms with E-state index < -0.39 is 0 Å². The summed E-state index contributed by atoms with van der Waals surface area (Å²) in [5.41, 5.74) is 1.51. The zero-order valence-corrected chi connectivity index (χ0v) is 8.74. The maximum atomic E-state index is 13.5. The van der Waals surface area contributed by atoms with E-state index in [1.165, 1.54) is 17.4 Å². The van der Waals surface area contributed by atoms with Gasteiger partial charge in [-0.05, 0) is 25.5 Å². The van der Waals surface area contributed by atoms with E-state index in [9.17, 15) is 9.18 Å². The standard InChI is InChI=1S/C11H9FOS/c1-6-3-4-9(12)10-8(5-13)7(2)14-11(6)10/h3-5H,1-2H3. The van der Waals surface area contributed by atoms with Crippen LogP contribution in [-0.4, -0.2) is 6.29 Å². The van der Waals surface area contributed by atoms with Gasteiger partial charge in [-0.2, -0.15) is 0 Å². The maximum absolute atomic E-state index is 13.5. The molecule has 0 fully saturated rings. The predicted octanol–water partition coefficient (Wildman–Crippen LogP) is 3.47. The Morgan fingerprint density at radius 3 is 2.71 bits per heavy atom. The van der Waals surface area contributed by atoms with Crippen molar-refractivity contribution in [3.8, 4) is 0 Å². The van der Waals surface area contributed by atoms with Crippen LogP contribution < -0.4 is 0 Å². The van der Waals surface area contributed by atoms with Crippen LogP contribution in [0.3, 0.4) is 0 Å². The number of rotatable bonds is 1. The molecule has 0 aliphatic heterocycles. The van der Waals surface area contributed by atoms with Crippen molar-refractivity contribution in [1.82, 2.24) is 0 Å². The van der Waals surface area contributed by atoms with Crippen LogP contribution in [-0.2, 0) is 0 Å². The van der Waals surface area contributed by atoms with Crippen molar-refractivity contribution in [2.24, 2.45) is 0 Å². The van der Waals surface area contributed by atoms with Crippen molar-refractivity contribution < 1.29 is 9.18 Å². The van der Waals surface area contributed by atoms with Gasteiger partial charge in [0.1, 0.15) is 5.82 Å². The van der Waals surface area contributed by atoms with Gasteiger partial charge in [0.25, 0.3) is 0 Å². The van der Waals surface area contributed by atoms with E-state index in [0.717, 1.165) is 21.4 Å². The van der Waals surface area contributed by atoms with E-state index >= 15 is 0 Å². The van der Waals surface area contributed by atoms with E-state index in [4.69, 9.17) is 0 Å². The summed E-state index contributed by atoms with van der Waals surface area (Å²) >= 11 is 1.47. The van der Waals surface area contributed by atoms with Gasteiger partial charge in [0.05, 0.1) is 0 Å². The third-order valence-electron chi connectivity index (χ3n) is 2.33. The first-order valence-corrected chi connectivity index (χ1v) is 5.10. The Bertz CT molecular complexity index is 513. The molecule has 0 saturated carbocycles. The molecule has 0 N–H and O–H groups in total. The molecule has 1 aromatic carbocycles. The minimum atomic E-state index is -0.308. The molecule has 0 amide bonds. The molecule has 0 bridgehead atoms. The quantitative estimate of drug-likeness (QED) is 0.656. The van der Waals surface area contributed by atoms with Crippen molar-refractivity contribution in [2.45, 2.75) is 13.8 Å². The van der Waals surface area contributed by atoms with Gasteiger partial charge < -0.3 is 0 Å². The van der Waals surface area contributed by atoms with E-state index in [2.05, 4.69) is 0 Å². The van der Waals surface area contributed by atoms with Crippen LogP contribution in [0.4, 0.5) is 4.39 Å². The maximum Gasteiger partial charge on any atom is 0.151 e. The lowest BCUT2D eigenvalue weighted by atomic mass is 10.1. The minimum Gasteiger partial charge on any atom is -0.298 e. The fraction of sp³-hybridized carbons (Fsp3) is 0.182. The molecular weight excluding hydrogens is 199 g/mol.